The maximum atomic E-state index is 13.5. The molecule has 5 rings (SSSR count). The summed E-state index contributed by atoms with van der Waals surface area (Å²) in [6.45, 7) is 1.40. The summed E-state index contributed by atoms with van der Waals surface area (Å²) in [6, 6.07) is 19.5. The van der Waals surface area contributed by atoms with Crippen LogP contribution in [0.5, 0.6) is 17.2 Å². The molecule has 0 fully saturated rings. The van der Waals surface area contributed by atoms with E-state index in [2.05, 4.69) is 10.1 Å². The minimum atomic E-state index is -1.14. The molecule has 0 unspecified atom stereocenters. The zero-order valence-electron chi connectivity index (χ0n) is 20.7. The molecule has 192 valence electrons. The van der Waals surface area contributed by atoms with Gasteiger partial charge in [0, 0.05) is 10.9 Å². The topological polar surface area (TPSA) is 125 Å². The number of methoxy groups -OCH3 is 2. The van der Waals surface area contributed by atoms with Crippen molar-refractivity contribution in [3.63, 3.8) is 0 Å². The molecule has 5 aromatic rings. The van der Waals surface area contributed by atoms with Crippen LogP contribution in [-0.2, 0) is 4.79 Å². The van der Waals surface area contributed by atoms with Crippen LogP contribution in [0.15, 0.2) is 81.0 Å². The molecule has 1 N–H and O–H groups in total. The number of furan rings is 1. The van der Waals surface area contributed by atoms with Crippen LogP contribution in [0.25, 0.3) is 33.5 Å². The van der Waals surface area contributed by atoms with Crippen LogP contribution < -0.4 is 19.8 Å². The Kier molecular flexibility index (Phi) is 6.53. The van der Waals surface area contributed by atoms with Crippen molar-refractivity contribution < 1.29 is 28.5 Å². The first-order valence-electron chi connectivity index (χ1n) is 11.6. The number of fused-ring (bicyclic) bond motifs is 2. The lowest BCUT2D eigenvalue weighted by atomic mass is 10.2. The minimum Gasteiger partial charge on any atom is -0.493 e. The number of hydrogen-bond acceptors (Lipinski definition) is 8. The van der Waals surface area contributed by atoms with Gasteiger partial charge in [-0.25, -0.2) is 9.78 Å². The van der Waals surface area contributed by atoms with Crippen molar-refractivity contribution in [3.8, 4) is 28.8 Å². The highest BCUT2D eigenvalue weighted by atomic mass is 16.6. The van der Waals surface area contributed by atoms with E-state index in [1.165, 1.54) is 32.0 Å². The molecule has 38 heavy (non-hydrogen) atoms. The third-order valence-electron chi connectivity index (χ3n) is 5.85. The van der Waals surface area contributed by atoms with Crippen LogP contribution in [0.1, 0.15) is 12.5 Å². The molecule has 0 radical (unpaired) electrons. The average molecular weight is 514 g/mol. The van der Waals surface area contributed by atoms with Gasteiger partial charge in [0.2, 0.25) is 11.6 Å². The summed E-state index contributed by atoms with van der Waals surface area (Å²) in [5.41, 5.74) is 1.29. The van der Waals surface area contributed by atoms with Gasteiger partial charge in [0.1, 0.15) is 5.58 Å². The zero-order chi connectivity index (χ0) is 26.8. The van der Waals surface area contributed by atoms with Crippen LogP contribution in [-0.4, -0.2) is 47.3 Å². The van der Waals surface area contributed by atoms with Gasteiger partial charge < -0.3 is 23.7 Å². The fraction of sp³-hybridized carbons (Fsp3) is 0.143. The van der Waals surface area contributed by atoms with E-state index < -0.39 is 12.1 Å². The second-order valence-electron chi connectivity index (χ2n) is 8.32. The molecule has 0 saturated heterocycles. The molecule has 2 aromatic heterocycles. The lowest BCUT2D eigenvalue weighted by Crippen LogP contribution is -2.23. The molecule has 3 aromatic carbocycles. The lowest BCUT2D eigenvalue weighted by molar-refractivity contribution is -0.144. The summed E-state index contributed by atoms with van der Waals surface area (Å²) in [7, 11) is 2.84. The van der Waals surface area contributed by atoms with Gasteiger partial charge in [0.15, 0.2) is 23.4 Å². The molecular formula is C28H23N3O7. The molecule has 10 heteroatoms. The largest absolute Gasteiger partial charge is 0.493 e. The maximum absolute atomic E-state index is 13.5. The summed E-state index contributed by atoms with van der Waals surface area (Å²) in [4.78, 5) is 29.4. The van der Waals surface area contributed by atoms with Gasteiger partial charge in [-0.1, -0.05) is 30.3 Å². The Morgan fingerprint density at radius 2 is 1.74 bits per heavy atom. The van der Waals surface area contributed by atoms with Gasteiger partial charge in [-0.15, -0.1) is 0 Å². The summed E-state index contributed by atoms with van der Waals surface area (Å²) >= 11 is 0. The second kappa shape index (κ2) is 10.1. The molecule has 0 bridgehead atoms. The van der Waals surface area contributed by atoms with Crippen LogP contribution >= 0.6 is 0 Å². The highest BCUT2D eigenvalue weighted by Crippen LogP contribution is 2.39. The molecule has 10 nitrogen and oxygen atoms in total. The van der Waals surface area contributed by atoms with Gasteiger partial charge in [0.25, 0.3) is 5.56 Å². The number of rotatable bonds is 8. The second-order valence-corrected chi connectivity index (χ2v) is 8.32. The Labute approximate surface area is 216 Å². The molecular weight excluding hydrogens is 490 g/mol. The highest BCUT2D eigenvalue weighted by Gasteiger charge is 2.21. The first-order chi connectivity index (χ1) is 18.4. The van der Waals surface area contributed by atoms with Gasteiger partial charge in [-0.05, 0) is 43.3 Å². The molecule has 2 heterocycles. The lowest BCUT2D eigenvalue weighted by Gasteiger charge is -2.17. The number of carboxylic acid groups (broad SMARTS) is 1. The van der Waals surface area contributed by atoms with E-state index in [0.717, 1.165) is 5.39 Å². The highest BCUT2D eigenvalue weighted by molar-refractivity contribution is 5.85. The van der Waals surface area contributed by atoms with E-state index >= 15 is 0 Å². The first-order valence-corrected chi connectivity index (χ1v) is 11.6. The van der Waals surface area contributed by atoms with Crippen molar-refractivity contribution in [1.82, 2.24) is 9.66 Å². The van der Waals surface area contributed by atoms with Crippen molar-refractivity contribution in [2.75, 3.05) is 14.2 Å². The Balaban J connectivity index is 1.64. The molecule has 1 atom stereocenters. The number of hydrogen-bond donors (Lipinski definition) is 1. The number of para-hydroxylation sites is 2. The standard InChI is InChI=1S/C28H23N3O7/c1-16(28(33)34)37-25-22(35-2)12-17(13-23(25)36-3)15-29-31-26(24-14-18-8-4-7-11-21(18)38-24)30-20-10-6-5-9-19(20)27(31)32/h4-16H,1-3H3,(H,33,34)/t16-/m1/s1. The number of aliphatic carboxylic acids is 1. The number of carbonyl (C=O) groups is 1. The smallest absolute Gasteiger partial charge is 0.344 e. The molecule has 0 spiro atoms. The third-order valence-corrected chi connectivity index (χ3v) is 5.85. The molecule has 0 amide bonds. The number of benzene rings is 3. The van der Waals surface area contributed by atoms with E-state index in [1.54, 1.807) is 42.5 Å². The van der Waals surface area contributed by atoms with Crippen LogP contribution in [0.4, 0.5) is 0 Å². The van der Waals surface area contributed by atoms with Gasteiger partial charge in [-0.2, -0.15) is 9.78 Å². The Morgan fingerprint density at radius 1 is 1.05 bits per heavy atom. The molecule has 0 aliphatic carbocycles. The Hall–Kier alpha value is -5.12. The van der Waals surface area contributed by atoms with Gasteiger partial charge >= 0.3 is 5.97 Å². The average Bonchev–Trinajstić information content (AvgIpc) is 3.37. The number of nitrogens with zero attached hydrogens (tertiary/aromatic N) is 3. The normalized spacial score (nSPS) is 12.2. The van der Waals surface area contributed by atoms with E-state index in [-0.39, 0.29) is 28.6 Å². The van der Waals surface area contributed by atoms with Crippen molar-refractivity contribution in [1.29, 1.82) is 0 Å². The Bertz CT molecular complexity index is 1700. The summed E-state index contributed by atoms with van der Waals surface area (Å²) in [5, 5.41) is 14.9. The molecule has 0 aliphatic rings. The van der Waals surface area contributed by atoms with E-state index in [1.807, 2.05) is 24.3 Å². The van der Waals surface area contributed by atoms with E-state index in [9.17, 15) is 14.7 Å². The predicted octanol–water partition coefficient (Wildman–Crippen LogP) is 4.56. The van der Waals surface area contributed by atoms with Crippen molar-refractivity contribution in [3.05, 3.63) is 82.6 Å². The van der Waals surface area contributed by atoms with Crippen LogP contribution in [0.2, 0.25) is 0 Å². The SMILES string of the molecule is COc1cc(C=Nn2c(-c3cc4ccccc4o3)nc3ccccc3c2=O)cc(OC)c1O[C@H](C)C(=O)O. The third kappa shape index (κ3) is 4.55. The van der Waals surface area contributed by atoms with Gasteiger partial charge in [0.05, 0.1) is 31.3 Å². The van der Waals surface area contributed by atoms with Crippen molar-refractivity contribution >= 4 is 34.1 Å². The van der Waals surface area contributed by atoms with Crippen LogP contribution in [0, 0.1) is 0 Å². The minimum absolute atomic E-state index is 0.134. The zero-order valence-corrected chi connectivity index (χ0v) is 20.7. The predicted molar refractivity (Wildman–Crippen MR) is 141 cm³/mol. The monoisotopic (exact) mass is 513 g/mol. The first kappa shape index (κ1) is 24.6. The summed E-state index contributed by atoms with van der Waals surface area (Å²) in [6.07, 6.45) is 0.311. The summed E-state index contributed by atoms with van der Waals surface area (Å²) in [5.74, 6) is 0.0828. The van der Waals surface area contributed by atoms with Crippen LogP contribution in [0.3, 0.4) is 0 Å². The maximum Gasteiger partial charge on any atom is 0.344 e. The fourth-order valence-electron chi connectivity index (χ4n) is 3.92. The van der Waals surface area contributed by atoms with E-state index in [0.29, 0.717) is 27.8 Å². The van der Waals surface area contributed by atoms with Gasteiger partial charge in [-0.3, -0.25) is 4.79 Å². The van der Waals surface area contributed by atoms with Crippen molar-refractivity contribution in [2.45, 2.75) is 13.0 Å². The Morgan fingerprint density at radius 3 is 2.42 bits per heavy atom. The molecule has 0 aliphatic heterocycles. The fourth-order valence-corrected chi connectivity index (χ4v) is 3.92. The number of aromatic nitrogens is 2. The molecule has 0 saturated carbocycles. The quantitative estimate of drug-likeness (QED) is 0.299. The number of carboxylic acids is 1. The van der Waals surface area contributed by atoms with E-state index in [4.69, 9.17) is 18.6 Å². The number of ether oxygens (including phenoxy) is 3. The van der Waals surface area contributed by atoms with Crippen molar-refractivity contribution in [2.24, 2.45) is 5.10 Å². The summed E-state index contributed by atoms with van der Waals surface area (Å²) < 4.78 is 23.5.